The lowest BCUT2D eigenvalue weighted by molar-refractivity contribution is 0.0959. The van der Waals surface area contributed by atoms with Crippen LogP contribution in [0.25, 0.3) is 0 Å². The average Bonchev–Trinajstić information content (AvgIpc) is 2.12. The zero-order valence-corrected chi connectivity index (χ0v) is 12.4. The molecule has 0 atom stereocenters. The van der Waals surface area contributed by atoms with Crippen LogP contribution in [0.2, 0.25) is 0 Å². The normalized spacial score (nSPS) is 12.6. The molecule has 2 nitrogen and oxygen atoms in total. The van der Waals surface area contributed by atoms with Crippen molar-refractivity contribution >= 4 is 5.78 Å². The maximum atomic E-state index is 12.2. The summed E-state index contributed by atoms with van der Waals surface area (Å²) < 4.78 is 0. The van der Waals surface area contributed by atoms with Crippen LogP contribution in [-0.4, -0.2) is 11.3 Å². The number of aryl methyl sites for hydroxylation is 1. The van der Waals surface area contributed by atoms with Crippen LogP contribution in [0.4, 0.5) is 0 Å². The highest BCUT2D eigenvalue weighted by Gasteiger charge is 2.20. The second-order valence-electron chi connectivity index (χ2n) is 6.87. The summed E-state index contributed by atoms with van der Waals surface area (Å²) in [6, 6.07) is 6.09. The van der Waals surface area contributed by atoms with Gasteiger partial charge < -0.3 is 5.73 Å². The van der Waals surface area contributed by atoms with Crippen LogP contribution in [0.3, 0.4) is 0 Å². The van der Waals surface area contributed by atoms with Gasteiger partial charge in [0.2, 0.25) is 0 Å². The molecular weight excluding hydrogens is 222 g/mol. The largest absolute Gasteiger partial charge is 0.325 e. The Bertz CT molecular complexity index is 447. The van der Waals surface area contributed by atoms with Crippen molar-refractivity contribution in [2.45, 2.75) is 58.9 Å². The van der Waals surface area contributed by atoms with Crippen molar-refractivity contribution in [1.82, 2.24) is 0 Å². The molecule has 0 amide bonds. The molecule has 1 aromatic rings. The number of carbonyl (C=O) groups excluding carboxylic acids is 1. The van der Waals surface area contributed by atoms with Gasteiger partial charge in [-0.1, -0.05) is 39.0 Å². The third-order valence-electron chi connectivity index (χ3n) is 3.01. The highest BCUT2D eigenvalue weighted by Crippen LogP contribution is 2.25. The van der Waals surface area contributed by atoms with Crippen LogP contribution in [0.5, 0.6) is 0 Å². The van der Waals surface area contributed by atoms with E-state index in [-0.39, 0.29) is 11.2 Å². The molecule has 0 aromatic heterocycles. The number of ketones is 1. The van der Waals surface area contributed by atoms with Crippen molar-refractivity contribution in [2.75, 3.05) is 0 Å². The second-order valence-corrected chi connectivity index (χ2v) is 6.87. The summed E-state index contributed by atoms with van der Waals surface area (Å²) in [5.41, 5.74) is 8.65. The van der Waals surface area contributed by atoms with Gasteiger partial charge in [0.05, 0.1) is 0 Å². The summed E-state index contributed by atoms with van der Waals surface area (Å²) in [6.45, 7) is 12.3. The predicted molar refractivity (Wildman–Crippen MR) is 77.1 cm³/mol. The standard InChI is InChI=1S/C16H25NO/c1-11-9-12(15(2,3)4)7-8-13(11)14(18)10-16(5,6)17/h7-9H,10,17H2,1-6H3. The van der Waals surface area contributed by atoms with Gasteiger partial charge >= 0.3 is 0 Å². The van der Waals surface area contributed by atoms with E-state index in [1.807, 2.05) is 32.9 Å². The molecule has 0 saturated heterocycles. The fourth-order valence-corrected chi connectivity index (χ4v) is 1.95. The van der Waals surface area contributed by atoms with Gasteiger partial charge in [0, 0.05) is 17.5 Å². The Morgan fingerprint density at radius 2 is 1.72 bits per heavy atom. The molecule has 0 fully saturated rings. The zero-order chi connectivity index (χ0) is 14.1. The summed E-state index contributed by atoms with van der Waals surface area (Å²) >= 11 is 0. The van der Waals surface area contributed by atoms with Gasteiger partial charge in [0.15, 0.2) is 5.78 Å². The Morgan fingerprint density at radius 3 is 2.11 bits per heavy atom. The van der Waals surface area contributed by atoms with Gasteiger partial charge in [-0.3, -0.25) is 4.79 Å². The van der Waals surface area contributed by atoms with E-state index < -0.39 is 5.54 Å². The van der Waals surface area contributed by atoms with E-state index in [1.165, 1.54) is 5.56 Å². The molecule has 2 heteroatoms. The third kappa shape index (κ3) is 3.95. The minimum absolute atomic E-state index is 0.111. The van der Waals surface area contributed by atoms with Crippen LogP contribution in [-0.2, 0) is 5.41 Å². The predicted octanol–water partition coefficient (Wildman–Crippen LogP) is 3.60. The molecule has 1 aromatic carbocycles. The summed E-state index contributed by atoms with van der Waals surface area (Å²) in [4.78, 5) is 12.2. The molecule has 18 heavy (non-hydrogen) atoms. The highest BCUT2D eigenvalue weighted by molar-refractivity contribution is 5.98. The number of nitrogens with two attached hydrogens (primary N) is 1. The number of rotatable bonds is 3. The van der Waals surface area contributed by atoms with Crippen molar-refractivity contribution in [3.05, 3.63) is 34.9 Å². The van der Waals surface area contributed by atoms with Crippen LogP contribution < -0.4 is 5.73 Å². The highest BCUT2D eigenvalue weighted by atomic mass is 16.1. The molecule has 100 valence electrons. The third-order valence-corrected chi connectivity index (χ3v) is 3.01. The monoisotopic (exact) mass is 247 g/mol. The van der Waals surface area contributed by atoms with Gasteiger partial charge in [0.25, 0.3) is 0 Å². The molecule has 1 rings (SSSR count). The van der Waals surface area contributed by atoms with Gasteiger partial charge in [-0.2, -0.15) is 0 Å². The Kier molecular flexibility index (Phi) is 4.02. The van der Waals surface area contributed by atoms with E-state index in [2.05, 4.69) is 26.8 Å². The van der Waals surface area contributed by atoms with Gasteiger partial charge in [-0.05, 0) is 37.3 Å². The summed E-state index contributed by atoms with van der Waals surface area (Å²) in [5, 5.41) is 0. The molecule has 0 saturated carbocycles. The lowest BCUT2D eigenvalue weighted by Crippen LogP contribution is -2.34. The van der Waals surface area contributed by atoms with Gasteiger partial charge in [-0.25, -0.2) is 0 Å². The second kappa shape index (κ2) is 4.85. The van der Waals surface area contributed by atoms with Crippen LogP contribution in [0, 0.1) is 6.92 Å². The summed E-state index contributed by atoms with van der Waals surface area (Å²) in [7, 11) is 0. The van der Waals surface area contributed by atoms with Gasteiger partial charge in [0.1, 0.15) is 0 Å². The Hall–Kier alpha value is -1.15. The smallest absolute Gasteiger partial charge is 0.164 e. The lowest BCUT2D eigenvalue weighted by atomic mass is 9.84. The minimum Gasteiger partial charge on any atom is -0.325 e. The zero-order valence-electron chi connectivity index (χ0n) is 12.4. The topological polar surface area (TPSA) is 43.1 Å². The first-order valence-electron chi connectivity index (χ1n) is 6.44. The van der Waals surface area contributed by atoms with E-state index in [0.29, 0.717) is 6.42 Å². The number of hydrogen-bond donors (Lipinski definition) is 1. The first kappa shape index (κ1) is 14.9. The molecular formula is C16H25NO. The summed E-state index contributed by atoms with van der Waals surface area (Å²) in [6.07, 6.45) is 0.378. The average molecular weight is 247 g/mol. The number of benzene rings is 1. The molecule has 0 aliphatic heterocycles. The van der Waals surface area contributed by atoms with Crippen molar-refractivity contribution in [1.29, 1.82) is 0 Å². The van der Waals surface area contributed by atoms with E-state index in [0.717, 1.165) is 11.1 Å². The molecule has 0 aliphatic carbocycles. The Labute approximate surface area is 111 Å². The molecule has 0 unspecified atom stereocenters. The summed E-state index contributed by atoms with van der Waals surface area (Å²) in [5.74, 6) is 0.125. The molecule has 2 N–H and O–H groups in total. The van der Waals surface area contributed by atoms with Crippen molar-refractivity contribution in [3.63, 3.8) is 0 Å². The lowest BCUT2D eigenvalue weighted by Gasteiger charge is -2.21. The fourth-order valence-electron chi connectivity index (χ4n) is 1.95. The maximum absolute atomic E-state index is 12.2. The first-order valence-corrected chi connectivity index (χ1v) is 6.44. The fraction of sp³-hybridized carbons (Fsp3) is 0.562. The Morgan fingerprint density at radius 1 is 1.17 bits per heavy atom. The molecule has 0 heterocycles. The van der Waals surface area contributed by atoms with E-state index in [9.17, 15) is 4.79 Å². The van der Waals surface area contributed by atoms with Crippen LogP contribution in [0.1, 0.15) is 62.5 Å². The minimum atomic E-state index is -0.452. The molecule has 0 radical (unpaired) electrons. The number of hydrogen-bond acceptors (Lipinski definition) is 2. The van der Waals surface area contributed by atoms with Crippen LogP contribution in [0.15, 0.2) is 18.2 Å². The van der Waals surface area contributed by atoms with Crippen molar-refractivity contribution < 1.29 is 4.79 Å². The van der Waals surface area contributed by atoms with Gasteiger partial charge in [-0.15, -0.1) is 0 Å². The van der Waals surface area contributed by atoms with Crippen molar-refractivity contribution in [2.24, 2.45) is 5.73 Å². The van der Waals surface area contributed by atoms with Crippen LogP contribution >= 0.6 is 0 Å². The van der Waals surface area contributed by atoms with E-state index >= 15 is 0 Å². The molecule has 0 bridgehead atoms. The molecule has 0 spiro atoms. The molecule has 0 aliphatic rings. The Balaban J connectivity index is 3.03. The van der Waals surface area contributed by atoms with E-state index in [1.54, 1.807) is 0 Å². The number of Topliss-reactive ketones (excluding diaryl/α,β-unsaturated/α-hetero) is 1. The van der Waals surface area contributed by atoms with Crippen molar-refractivity contribution in [3.8, 4) is 0 Å². The SMILES string of the molecule is Cc1cc(C(C)(C)C)ccc1C(=O)CC(C)(C)N. The first-order chi connectivity index (χ1) is 8.00. The van der Waals surface area contributed by atoms with E-state index in [4.69, 9.17) is 5.73 Å². The maximum Gasteiger partial charge on any atom is 0.164 e. The quantitative estimate of drug-likeness (QED) is 0.829. The number of carbonyl (C=O) groups is 1.